The maximum atomic E-state index is 11.0. The number of aldehydes is 1. The number of nitrogens with zero attached hydrogens (tertiary/aromatic N) is 2. The third-order valence-electron chi connectivity index (χ3n) is 4.27. The van der Waals surface area contributed by atoms with Crippen molar-refractivity contribution in [2.45, 2.75) is 6.42 Å². The van der Waals surface area contributed by atoms with E-state index in [4.69, 9.17) is 0 Å². The first-order chi connectivity index (χ1) is 12.2. The number of carbonyl (C=O) groups is 1. The van der Waals surface area contributed by atoms with Crippen LogP contribution in [0.3, 0.4) is 0 Å². The molecule has 4 rings (SSSR count). The molecule has 0 amide bonds. The first-order valence-electron chi connectivity index (χ1n) is 7.81. The first kappa shape index (κ1) is 15.1. The Bertz CT molecular complexity index is 966. The zero-order valence-corrected chi connectivity index (χ0v) is 13.2. The van der Waals surface area contributed by atoms with Gasteiger partial charge in [-0.25, -0.2) is 0 Å². The lowest BCUT2D eigenvalue weighted by atomic mass is 10.0. The monoisotopic (exact) mass is 330 g/mol. The van der Waals surface area contributed by atoms with Crippen LogP contribution in [0.4, 0.5) is 0 Å². The van der Waals surface area contributed by atoms with Crippen LogP contribution in [0.15, 0.2) is 81.9 Å². The molecule has 2 aromatic rings. The molecule has 0 unspecified atom stereocenters. The summed E-state index contributed by atoms with van der Waals surface area (Å²) in [4.78, 5) is 11.0. The van der Waals surface area contributed by atoms with Gasteiger partial charge in [-0.3, -0.25) is 4.79 Å². The molecule has 0 saturated heterocycles. The van der Waals surface area contributed by atoms with Crippen molar-refractivity contribution in [3.05, 3.63) is 82.8 Å². The third-order valence-corrected chi connectivity index (χ3v) is 4.27. The number of benzene rings is 2. The van der Waals surface area contributed by atoms with Crippen LogP contribution in [-0.2, 0) is 4.79 Å². The summed E-state index contributed by atoms with van der Waals surface area (Å²) in [7, 11) is 0. The van der Waals surface area contributed by atoms with Gasteiger partial charge < -0.3 is 10.2 Å². The van der Waals surface area contributed by atoms with Crippen LogP contribution in [0.5, 0.6) is 0 Å². The van der Waals surface area contributed by atoms with Gasteiger partial charge in [0, 0.05) is 11.1 Å². The average Bonchev–Trinajstić information content (AvgIpc) is 2.96. The first-order valence-corrected chi connectivity index (χ1v) is 7.81. The number of hydrogen-bond donors (Lipinski definition) is 2. The molecule has 0 fully saturated rings. The topological polar surface area (TPSA) is 82.2 Å². The molecule has 122 valence electrons. The Hall–Kier alpha value is -3.47. The van der Waals surface area contributed by atoms with Crippen molar-refractivity contribution in [2.75, 3.05) is 0 Å². The summed E-state index contributed by atoms with van der Waals surface area (Å²) in [5, 5.41) is 28.3. The molecule has 0 aliphatic heterocycles. The summed E-state index contributed by atoms with van der Waals surface area (Å²) in [5.41, 5.74) is 4.94. The molecule has 0 heterocycles. The Kier molecular flexibility index (Phi) is 3.54. The molecular weight excluding hydrogens is 316 g/mol. The molecule has 2 aliphatic rings. The zero-order chi connectivity index (χ0) is 17.4. The second kappa shape index (κ2) is 5.87. The highest BCUT2D eigenvalue weighted by Crippen LogP contribution is 2.36. The second-order valence-corrected chi connectivity index (χ2v) is 5.82. The molecule has 0 aromatic heterocycles. The number of carbonyl (C=O) groups excluding carboxylic acids is 1. The highest BCUT2D eigenvalue weighted by atomic mass is 16.3. The van der Waals surface area contributed by atoms with Crippen LogP contribution >= 0.6 is 0 Å². The molecule has 0 bridgehead atoms. The minimum absolute atomic E-state index is 0.00470. The van der Waals surface area contributed by atoms with Crippen molar-refractivity contribution >= 4 is 17.7 Å². The van der Waals surface area contributed by atoms with Gasteiger partial charge in [0.15, 0.2) is 6.29 Å². The molecular formula is C20H14N2O3. The highest BCUT2D eigenvalue weighted by molar-refractivity contribution is 6.24. The summed E-state index contributed by atoms with van der Waals surface area (Å²) >= 11 is 0. The molecule has 25 heavy (non-hydrogen) atoms. The van der Waals surface area contributed by atoms with Crippen LogP contribution in [0.25, 0.3) is 11.1 Å². The van der Waals surface area contributed by atoms with Gasteiger partial charge in [0.2, 0.25) is 0 Å². The van der Waals surface area contributed by atoms with Crippen molar-refractivity contribution in [1.82, 2.24) is 0 Å². The predicted molar refractivity (Wildman–Crippen MR) is 96.0 cm³/mol. The summed E-state index contributed by atoms with van der Waals surface area (Å²) in [6, 6.07) is 15.8. The number of fused-ring (bicyclic) bond motifs is 3. The van der Waals surface area contributed by atoms with Crippen molar-refractivity contribution in [1.29, 1.82) is 0 Å². The molecule has 0 atom stereocenters. The molecule has 2 N–H and O–H groups in total. The molecule has 2 aromatic carbocycles. The molecule has 0 spiro atoms. The van der Waals surface area contributed by atoms with Gasteiger partial charge in [0.05, 0.1) is 17.8 Å². The van der Waals surface area contributed by atoms with E-state index in [0.717, 1.165) is 22.3 Å². The molecule has 0 radical (unpaired) electrons. The van der Waals surface area contributed by atoms with E-state index in [0.29, 0.717) is 12.0 Å². The Morgan fingerprint density at radius 2 is 1.40 bits per heavy atom. The summed E-state index contributed by atoms with van der Waals surface area (Å²) in [5.74, 6) is -0.289. The number of aliphatic hydroxyl groups excluding tert-OH is 2. The SMILES string of the molecule is O=CC1=C(O)C(=NN=C2c3ccccc3-c3ccccc32)CC(O)=C1. The van der Waals surface area contributed by atoms with Crippen LogP contribution in [0.2, 0.25) is 0 Å². The maximum Gasteiger partial charge on any atom is 0.153 e. The average molecular weight is 330 g/mol. The number of hydrogen-bond acceptors (Lipinski definition) is 5. The molecule has 2 aliphatic carbocycles. The smallest absolute Gasteiger partial charge is 0.153 e. The van der Waals surface area contributed by atoms with E-state index in [1.807, 2.05) is 48.5 Å². The van der Waals surface area contributed by atoms with E-state index >= 15 is 0 Å². The van der Waals surface area contributed by atoms with Crippen molar-refractivity contribution in [2.24, 2.45) is 10.2 Å². The van der Waals surface area contributed by atoms with Gasteiger partial charge in [-0.1, -0.05) is 48.5 Å². The highest BCUT2D eigenvalue weighted by Gasteiger charge is 2.24. The van der Waals surface area contributed by atoms with E-state index in [9.17, 15) is 15.0 Å². The normalized spacial score (nSPS) is 17.2. The number of allylic oxidation sites excluding steroid dienone is 4. The van der Waals surface area contributed by atoms with Crippen LogP contribution < -0.4 is 0 Å². The summed E-state index contributed by atoms with van der Waals surface area (Å²) in [6.07, 6.45) is 1.74. The maximum absolute atomic E-state index is 11.0. The van der Waals surface area contributed by atoms with E-state index in [1.54, 1.807) is 0 Å². The Morgan fingerprint density at radius 1 is 0.840 bits per heavy atom. The molecule has 5 nitrogen and oxygen atoms in total. The van der Waals surface area contributed by atoms with Crippen molar-refractivity contribution in [3.8, 4) is 11.1 Å². The van der Waals surface area contributed by atoms with Crippen LogP contribution in [-0.4, -0.2) is 27.9 Å². The van der Waals surface area contributed by atoms with Crippen LogP contribution in [0, 0.1) is 0 Å². The van der Waals surface area contributed by atoms with E-state index < -0.39 is 0 Å². The largest absolute Gasteiger partial charge is 0.512 e. The van der Waals surface area contributed by atoms with Gasteiger partial charge in [-0.05, 0) is 17.2 Å². The lowest BCUT2D eigenvalue weighted by molar-refractivity contribution is -0.104. The van der Waals surface area contributed by atoms with Gasteiger partial charge in [0.1, 0.15) is 17.2 Å². The quantitative estimate of drug-likeness (QED) is 0.555. The van der Waals surface area contributed by atoms with E-state index in [2.05, 4.69) is 10.2 Å². The van der Waals surface area contributed by atoms with Gasteiger partial charge >= 0.3 is 0 Å². The van der Waals surface area contributed by atoms with E-state index in [-0.39, 0.29) is 29.2 Å². The van der Waals surface area contributed by atoms with Crippen molar-refractivity contribution in [3.63, 3.8) is 0 Å². The third kappa shape index (κ3) is 2.46. The minimum Gasteiger partial charge on any atom is -0.512 e. The summed E-state index contributed by atoms with van der Waals surface area (Å²) in [6.45, 7) is 0. The fraction of sp³-hybridized carbons (Fsp3) is 0.0500. The standard InChI is InChI=1S/C20H14N2O3/c23-11-12-9-13(24)10-18(20(12)25)21-22-19-16-7-3-1-5-14(16)15-6-2-4-8-17(15)19/h1-9,11,24-25H,10H2. The Labute approximate surface area is 144 Å². The number of aliphatic hydroxyl groups is 2. The summed E-state index contributed by atoms with van der Waals surface area (Å²) < 4.78 is 0. The Balaban J connectivity index is 1.84. The predicted octanol–water partition coefficient (Wildman–Crippen LogP) is 3.72. The lowest BCUT2D eigenvalue weighted by Crippen LogP contribution is -2.12. The lowest BCUT2D eigenvalue weighted by Gasteiger charge is -2.11. The second-order valence-electron chi connectivity index (χ2n) is 5.82. The van der Waals surface area contributed by atoms with Crippen molar-refractivity contribution < 1.29 is 15.0 Å². The van der Waals surface area contributed by atoms with Gasteiger partial charge in [-0.15, -0.1) is 5.10 Å². The fourth-order valence-electron chi connectivity index (χ4n) is 3.11. The Morgan fingerprint density at radius 3 is 1.96 bits per heavy atom. The zero-order valence-electron chi connectivity index (χ0n) is 13.2. The fourth-order valence-corrected chi connectivity index (χ4v) is 3.11. The van der Waals surface area contributed by atoms with Gasteiger partial charge in [-0.2, -0.15) is 5.10 Å². The number of rotatable bonds is 2. The van der Waals surface area contributed by atoms with E-state index in [1.165, 1.54) is 6.08 Å². The molecule has 0 saturated carbocycles. The van der Waals surface area contributed by atoms with Gasteiger partial charge in [0.25, 0.3) is 0 Å². The minimum atomic E-state index is -0.253. The van der Waals surface area contributed by atoms with Crippen LogP contribution in [0.1, 0.15) is 17.5 Å². The molecule has 5 heteroatoms.